The molecule has 1 N–H and O–H groups in total. The van der Waals surface area contributed by atoms with Crippen LogP contribution >= 0.6 is 0 Å². The first-order valence-electron chi connectivity index (χ1n) is 8.31. The Hall–Kier alpha value is -3.49. The number of ether oxygens (including phenoxy) is 4. The summed E-state index contributed by atoms with van der Waals surface area (Å²) in [6.45, 7) is 2.55. The summed E-state index contributed by atoms with van der Waals surface area (Å²) in [4.78, 5) is 23.5. The van der Waals surface area contributed by atoms with Gasteiger partial charge in [-0.3, -0.25) is 14.9 Å². The maximum Gasteiger partial charge on any atom is 0.286 e. The van der Waals surface area contributed by atoms with Crippen LogP contribution in [0.25, 0.3) is 0 Å². The molecule has 27 heavy (non-hydrogen) atoms. The van der Waals surface area contributed by atoms with Gasteiger partial charge in [0.15, 0.2) is 23.0 Å². The Bertz CT molecular complexity index is 928. The van der Waals surface area contributed by atoms with Crippen molar-refractivity contribution in [2.75, 3.05) is 20.0 Å². The van der Waals surface area contributed by atoms with Gasteiger partial charge in [0.05, 0.1) is 17.0 Å². The number of nitrogens with one attached hydrogen (secondary N) is 1. The van der Waals surface area contributed by atoms with Crippen molar-refractivity contribution < 1.29 is 28.7 Å². The van der Waals surface area contributed by atoms with E-state index >= 15 is 0 Å². The van der Waals surface area contributed by atoms with Crippen LogP contribution in [0, 0.1) is 10.1 Å². The van der Waals surface area contributed by atoms with Crippen LogP contribution in [0.15, 0.2) is 30.3 Å². The molecule has 1 unspecified atom stereocenters. The van der Waals surface area contributed by atoms with Gasteiger partial charge in [0.2, 0.25) is 6.79 Å². The Morgan fingerprint density at radius 1 is 1.04 bits per heavy atom. The number of rotatable bonds is 4. The van der Waals surface area contributed by atoms with Gasteiger partial charge in [-0.1, -0.05) is 6.07 Å². The summed E-state index contributed by atoms with van der Waals surface area (Å²) in [5.41, 5.74) is 0.360. The van der Waals surface area contributed by atoms with Crippen molar-refractivity contribution in [1.29, 1.82) is 0 Å². The number of benzene rings is 2. The van der Waals surface area contributed by atoms with Crippen LogP contribution in [0.5, 0.6) is 23.0 Å². The van der Waals surface area contributed by atoms with Gasteiger partial charge in [-0.15, -0.1) is 0 Å². The smallest absolute Gasteiger partial charge is 0.286 e. The first-order chi connectivity index (χ1) is 13.0. The molecule has 2 aromatic rings. The number of nitro groups is 1. The molecule has 2 aromatic carbocycles. The average Bonchev–Trinajstić information content (AvgIpc) is 3.14. The quantitative estimate of drug-likeness (QED) is 0.649. The molecular weight excluding hydrogens is 356 g/mol. The zero-order chi connectivity index (χ0) is 19.0. The molecule has 0 spiro atoms. The van der Waals surface area contributed by atoms with E-state index in [0.717, 1.165) is 5.56 Å². The van der Waals surface area contributed by atoms with Gasteiger partial charge in [-0.2, -0.15) is 0 Å². The van der Waals surface area contributed by atoms with Gasteiger partial charge in [0.25, 0.3) is 11.6 Å². The zero-order valence-corrected chi connectivity index (χ0v) is 14.4. The summed E-state index contributed by atoms with van der Waals surface area (Å²) in [6, 6.07) is 7.48. The van der Waals surface area contributed by atoms with Crippen LogP contribution in [-0.4, -0.2) is 30.8 Å². The molecule has 0 saturated carbocycles. The molecule has 2 aliphatic heterocycles. The molecule has 1 atom stereocenters. The summed E-state index contributed by atoms with van der Waals surface area (Å²) in [6.07, 6.45) is 0. The molecule has 0 radical (unpaired) electrons. The summed E-state index contributed by atoms with van der Waals surface area (Å²) >= 11 is 0. The van der Waals surface area contributed by atoms with Crippen molar-refractivity contribution in [3.05, 3.63) is 51.6 Å². The average molecular weight is 372 g/mol. The van der Waals surface area contributed by atoms with Crippen LogP contribution in [0.3, 0.4) is 0 Å². The number of hydrogen-bond donors (Lipinski definition) is 1. The molecule has 0 saturated heterocycles. The van der Waals surface area contributed by atoms with E-state index in [0.29, 0.717) is 30.5 Å². The Labute approximate surface area is 153 Å². The lowest BCUT2D eigenvalue weighted by molar-refractivity contribution is -0.385. The molecule has 9 heteroatoms. The predicted octanol–water partition coefficient (Wildman–Crippen LogP) is 2.59. The number of carbonyl (C=O) groups is 1. The molecule has 9 nitrogen and oxygen atoms in total. The molecule has 2 aliphatic rings. The molecule has 0 fully saturated rings. The van der Waals surface area contributed by atoms with E-state index in [-0.39, 0.29) is 23.8 Å². The van der Waals surface area contributed by atoms with Gasteiger partial charge in [0, 0.05) is 6.07 Å². The SMILES string of the molecule is CC(NC(=O)c1cc2c(cc1[N+](=O)[O-])OCCO2)c1ccc2c(c1)OCO2. The van der Waals surface area contributed by atoms with Crippen molar-refractivity contribution in [1.82, 2.24) is 5.32 Å². The Kier molecular flexibility index (Phi) is 4.19. The first-order valence-corrected chi connectivity index (χ1v) is 8.31. The highest BCUT2D eigenvalue weighted by molar-refractivity contribution is 5.99. The minimum absolute atomic E-state index is 0.0863. The van der Waals surface area contributed by atoms with E-state index in [1.165, 1.54) is 12.1 Å². The van der Waals surface area contributed by atoms with Crippen LogP contribution in [-0.2, 0) is 0 Å². The maximum atomic E-state index is 12.7. The highest BCUT2D eigenvalue weighted by Gasteiger charge is 2.27. The number of carbonyl (C=O) groups excluding carboxylic acids is 1. The number of fused-ring (bicyclic) bond motifs is 2. The second kappa shape index (κ2) is 6.67. The fourth-order valence-electron chi connectivity index (χ4n) is 2.95. The first kappa shape index (κ1) is 17.0. The second-order valence-electron chi connectivity index (χ2n) is 6.08. The van der Waals surface area contributed by atoms with Crippen molar-refractivity contribution in [3.63, 3.8) is 0 Å². The Balaban J connectivity index is 1.59. The van der Waals surface area contributed by atoms with E-state index in [1.807, 2.05) is 0 Å². The van der Waals surface area contributed by atoms with Gasteiger partial charge in [-0.05, 0) is 24.6 Å². The fraction of sp³-hybridized carbons (Fsp3) is 0.278. The molecule has 0 aliphatic carbocycles. The third-order valence-corrected chi connectivity index (χ3v) is 4.35. The van der Waals surface area contributed by atoms with E-state index in [1.54, 1.807) is 25.1 Å². The highest BCUT2D eigenvalue weighted by Crippen LogP contribution is 2.37. The molecule has 0 bridgehead atoms. The minimum Gasteiger partial charge on any atom is -0.486 e. The molecule has 1 amide bonds. The van der Waals surface area contributed by atoms with E-state index in [9.17, 15) is 14.9 Å². The molecule has 2 heterocycles. The molecular formula is C18H16N2O7. The predicted molar refractivity (Wildman–Crippen MR) is 92.5 cm³/mol. The zero-order valence-electron chi connectivity index (χ0n) is 14.4. The van der Waals surface area contributed by atoms with Gasteiger partial charge in [-0.25, -0.2) is 0 Å². The van der Waals surface area contributed by atoms with E-state index in [4.69, 9.17) is 18.9 Å². The van der Waals surface area contributed by atoms with Crippen LogP contribution in [0.4, 0.5) is 5.69 Å². The summed E-state index contributed by atoms with van der Waals surface area (Å²) < 4.78 is 21.4. The molecule has 4 rings (SSSR count). The highest BCUT2D eigenvalue weighted by atomic mass is 16.7. The Morgan fingerprint density at radius 3 is 2.44 bits per heavy atom. The van der Waals surface area contributed by atoms with Gasteiger partial charge >= 0.3 is 0 Å². The maximum absolute atomic E-state index is 12.7. The van der Waals surface area contributed by atoms with E-state index in [2.05, 4.69) is 5.32 Å². The van der Waals surface area contributed by atoms with Crippen molar-refractivity contribution >= 4 is 11.6 Å². The van der Waals surface area contributed by atoms with Crippen molar-refractivity contribution in [3.8, 4) is 23.0 Å². The third kappa shape index (κ3) is 3.19. The number of hydrogen-bond acceptors (Lipinski definition) is 7. The summed E-state index contributed by atoms with van der Waals surface area (Å²) in [5, 5.41) is 14.2. The minimum atomic E-state index is -0.613. The standard InChI is InChI=1S/C18H16N2O7/c1-10(11-2-3-14-15(6-11)27-9-26-14)19-18(21)12-7-16-17(25-5-4-24-16)8-13(12)20(22)23/h2-3,6-8,10H,4-5,9H2,1H3,(H,19,21). The van der Waals surface area contributed by atoms with E-state index < -0.39 is 16.9 Å². The van der Waals surface area contributed by atoms with Gasteiger partial charge < -0.3 is 24.3 Å². The molecule has 140 valence electrons. The topological polar surface area (TPSA) is 109 Å². The normalized spacial score (nSPS) is 15.1. The Morgan fingerprint density at radius 2 is 1.70 bits per heavy atom. The molecule has 0 aromatic heterocycles. The number of nitrogens with zero attached hydrogens (tertiary/aromatic N) is 1. The van der Waals surface area contributed by atoms with Gasteiger partial charge in [0.1, 0.15) is 18.8 Å². The second-order valence-corrected chi connectivity index (χ2v) is 6.08. The lowest BCUT2D eigenvalue weighted by Crippen LogP contribution is -2.27. The summed E-state index contributed by atoms with van der Waals surface area (Å²) in [7, 11) is 0. The van der Waals surface area contributed by atoms with Crippen molar-refractivity contribution in [2.45, 2.75) is 13.0 Å². The van der Waals surface area contributed by atoms with Crippen LogP contribution < -0.4 is 24.3 Å². The fourth-order valence-corrected chi connectivity index (χ4v) is 2.95. The third-order valence-electron chi connectivity index (χ3n) is 4.35. The number of amides is 1. The van der Waals surface area contributed by atoms with Crippen molar-refractivity contribution in [2.24, 2.45) is 0 Å². The number of nitro benzene ring substituents is 1. The summed E-state index contributed by atoms with van der Waals surface area (Å²) in [5.74, 6) is 1.23. The lowest BCUT2D eigenvalue weighted by atomic mass is 10.1. The van der Waals surface area contributed by atoms with Crippen LogP contribution in [0.2, 0.25) is 0 Å². The lowest BCUT2D eigenvalue weighted by Gasteiger charge is -2.20. The largest absolute Gasteiger partial charge is 0.486 e. The monoisotopic (exact) mass is 372 g/mol. The van der Waals surface area contributed by atoms with Crippen LogP contribution in [0.1, 0.15) is 28.9 Å².